The molecule has 0 saturated heterocycles. The summed E-state index contributed by atoms with van der Waals surface area (Å²) in [5.41, 5.74) is 7.19. The Labute approximate surface area is 93.1 Å². The number of para-hydroxylation sites is 1. The molecule has 80 valence electrons. The number of carbonyl (C=O) groups excluding carboxylic acids is 1. The van der Waals surface area contributed by atoms with Crippen molar-refractivity contribution in [1.29, 1.82) is 0 Å². The lowest BCUT2D eigenvalue weighted by Gasteiger charge is -2.04. The van der Waals surface area contributed by atoms with Crippen molar-refractivity contribution in [3.05, 3.63) is 54.1 Å². The second kappa shape index (κ2) is 4.06. The van der Waals surface area contributed by atoms with Gasteiger partial charge in [-0.05, 0) is 23.8 Å². The van der Waals surface area contributed by atoms with Crippen LogP contribution in [0.1, 0.15) is 10.4 Å². The van der Waals surface area contributed by atoms with Gasteiger partial charge in [-0.2, -0.15) is 0 Å². The topological polar surface area (TPSA) is 63.3 Å². The van der Waals surface area contributed by atoms with Crippen molar-refractivity contribution in [2.45, 2.75) is 0 Å². The van der Waals surface area contributed by atoms with E-state index in [1.807, 2.05) is 12.1 Å². The molecule has 0 radical (unpaired) electrons. The van der Waals surface area contributed by atoms with Crippen molar-refractivity contribution in [3.8, 4) is 16.9 Å². The monoisotopic (exact) mass is 213 g/mol. The third kappa shape index (κ3) is 1.88. The molecule has 16 heavy (non-hydrogen) atoms. The number of hydrogen-bond donors (Lipinski definition) is 2. The second-order valence-electron chi connectivity index (χ2n) is 3.46. The largest absolute Gasteiger partial charge is 0.507 e. The van der Waals surface area contributed by atoms with Crippen LogP contribution < -0.4 is 5.73 Å². The molecule has 0 spiro atoms. The van der Waals surface area contributed by atoms with Gasteiger partial charge in [-0.15, -0.1) is 0 Å². The second-order valence-corrected chi connectivity index (χ2v) is 3.46. The minimum absolute atomic E-state index is 0.217. The highest BCUT2D eigenvalue weighted by Crippen LogP contribution is 2.28. The fourth-order valence-corrected chi connectivity index (χ4v) is 1.53. The summed E-state index contributed by atoms with van der Waals surface area (Å²) in [5.74, 6) is -0.238. The Morgan fingerprint density at radius 1 is 1.00 bits per heavy atom. The van der Waals surface area contributed by atoms with Gasteiger partial charge in [0.05, 0.1) is 0 Å². The molecule has 0 bridgehead atoms. The Hall–Kier alpha value is -2.29. The van der Waals surface area contributed by atoms with E-state index in [1.54, 1.807) is 36.4 Å². The van der Waals surface area contributed by atoms with Gasteiger partial charge in [-0.25, -0.2) is 0 Å². The lowest BCUT2D eigenvalue weighted by atomic mass is 10.0. The van der Waals surface area contributed by atoms with Crippen molar-refractivity contribution in [1.82, 2.24) is 0 Å². The van der Waals surface area contributed by atoms with Gasteiger partial charge < -0.3 is 10.8 Å². The first-order valence-corrected chi connectivity index (χ1v) is 4.87. The van der Waals surface area contributed by atoms with Crippen molar-refractivity contribution < 1.29 is 9.90 Å². The third-order valence-corrected chi connectivity index (χ3v) is 2.38. The van der Waals surface area contributed by atoms with E-state index >= 15 is 0 Å². The first-order valence-electron chi connectivity index (χ1n) is 4.87. The average Bonchev–Trinajstić information content (AvgIpc) is 2.30. The zero-order chi connectivity index (χ0) is 11.5. The number of rotatable bonds is 2. The van der Waals surface area contributed by atoms with Gasteiger partial charge in [0.15, 0.2) is 0 Å². The summed E-state index contributed by atoms with van der Waals surface area (Å²) in [6.45, 7) is 0. The van der Waals surface area contributed by atoms with Gasteiger partial charge in [0.25, 0.3) is 0 Å². The van der Waals surface area contributed by atoms with Crippen LogP contribution in [-0.2, 0) is 0 Å². The van der Waals surface area contributed by atoms with E-state index in [4.69, 9.17) is 5.73 Å². The minimum Gasteiger partial charge on any atom is -0.507 e. The molecule has 1 amide bonds. The lowest BCUT2D eigenvalue weighted by Crippen LogP contribution is -2.10. The van der Waals surface area contributed by atoms with Crippen LogP contribution in [0, 0.1) is 0 Å². The smallest absolute Gasteiger partial charge is 0.248 e. The molecule has 2 aromatic carbocycles. The van der Waals surface area contributed by atoms with Gasteiger partial charge in [0.1, 0.15) is 5.75 Å². The summed E-state index contributed by atoms with van der Waals surface area (Å²) in [7, 11) is 0. The molecule has 0 aliphatic heterocycles. The van der Waals surface area contributed by atoms with Crippen LogP contribution in [0.4, 0.5) is 0 Å². The van der Waals surface area contributed by atoms with E-state index in [1.165, 1.54) is 0 Å². The van der Waals surface area contributed by atoms with Crippen molar-refractivity contribution in [2.75, 3.05) is 0 Å². The van der Waals surface area contributed by atoms with Crippen LogP contribution in [0.5, 0.6) is 5.75 Å². The molecular formula is C13H11NO2. The van der Waals surface area contributed by atoms with Crippen LogP contribution in [0.2, 0.25) is 0 Å². The Morgan fingerprint density at radius 3 is 2.19 bits per heavy atom. The molecule has 0 aliphatic carbocycles. The highest BCUT2D eigenvalue weighted by atomic mass is 16.3. The highest BCUT2D eigenvalue weighted by molar-refractivity contribution is 5.93. The van der Waals surface area contributed by atoms with Crippen LogP contribution in [-0.4, -0.2) is 11.0 Å². The summed E-state index contributed by atoms with van der Waals surface area (Å²) < 4.78 is 0. The van der Waals surface area contributed by atoms with E-state index in [2.05, 4.69) is 0 Å². The highest BCUT2D eigenvalue weighted by Gasteiger charge is 2.04. The number of amides is 1. The molecule has 3 nitrogen and oxygen atoms in total. The number of benzene rings is 2. The summed E-state index contributed by atoms with van der Waals surface area (Å²) >= 11 is 0. The van der Waals surface area contributed by atoms with Crippen LogP contribution in [0.25, 0.3) is 11.1 Å². The summed E-state index contributed by atoms with van der Waals surface area (Å²) in [5, 5.41) is 9.65. The molecular weight excluding hydrogens is 202 g/mol. The van der Waals surface area contributed by atoms with Crippen LogP contribution >= 0.6 is 0 Å². The molecule has 0 unspecified atom stereocenters. The predicted octanol–water partition coefficient (Wildman–Crippen LogP) is 2.16. The number of aromatic hydroxyl groups is 1. The quantitative estimate of drug-likeness (QED) is 0.802. The van der Waals surface area contributed by atoms with Crippen LogP contribution in [0.15, 0.2) is 48.5 Å². The van der Waals surface area contributed by atoms with Gasteiger partial charge in [0, 0.05) is 11.1 Å². The van der Waals surface area contributed by atoms with Crippen molar-refractivity contribution in [3.63, 3.8) is 0 Å². The zero-order valence-electron chi connectivity index (χ0n) is 8.55. The van der Waals surface area contributed by atoms with Crippen molar-refractivity contribution in [2.24, 2.45) is 5.73 Å². The number of phenols is 1. The maximum absolute atomic E-state index is 10.9. The Balaban J connectivity index is 2.43. The molecule has 0 fully saturated rings. The molecule has 0 saturated carbocycles. The van der Waals surface area contributed by atoms with E-state index in [0.29, 0.717) is 5.56 Å². The lowest BCUT2D eigenvalue weighted by molar-refractivity contribution is 0.100. The third-order valence-electron chi connectivity index (χ3n) is 2.38. The molecule has 0 aromatic heterocycles. The number of primary amides is 1. The number of phenolic OH excluding ortho intramolecular Hbond substituents is 1. The van der Waals surface area contributed by atoms with Gasteiger partial charge in [0.2, 0.25) is 5.91 Å². The maximum atomic E-state index is 10.9. The first-order chi connectivity index (χ1) is 7.68. The Morgan fingerprint density at radius 2 is 1.62 bits per heavy atom. The van der Waals surface area contributed by atoms with Gasteiger partial charge in [-0.1, -0.05) is 30.3 Å². The Kier molecular flexibility index (Phi) is 2.60. The summed E-state index contributed by atoms with van der Waals surface area (Å²) in [6, 6.07) is 13.8. The average molecular weight is 213 g/mol. The number of carbonyl (C=O) groups is 1. The standard InChI is InChI=1S/C13H11NO2/c14-13(16)10-7-5-9(6-8-10)11-3-1-2-4-12(11)15/h1-8,15H,(H2,14,16). The Bertz CT molecular complexity index is 518. The SMILES string of the molecule is NC(=O)c1ccc(-c2ccccc2O)cc1. The molecule has 3 heteroatoms. The van der Waals surface area contributed by atoms with Crippen LogP contribution in [0.3, 0.4) is 0 Å². The summed E-state index contributed by atoms with van der Waals surface area (Å²) in [6.07, 6.45) is 0. The predicted molar refractivity (Wildman–Crippen MR) is 62.1 cm³/mol. The minimum atomic E-state index is -0.455. The fraction of sp³-hybridized carbons (Fsp3) is 0. The maximum Gasteiger partial charge on any atom is 0.248 e. The van der Waals surface area contributed by atoms with Crippen molar-refractivity contribution >= 4 is 5.91 Å². The summed E-state index contributed by atoms with van der Waals surface area (Å²) in [4.78, 5) is 10.9. The number of nitrogens with two attached hydrogens (primary N) is 1. The molecule has 0 atom stereocenters. The van der Waals surface area contributed by atoms with E-state index in [0.717, 1.165) is 11.1 Å². The first kappa shape index (κ1) is 10.2. The van der Waals surface area contributed by atoms with Gasteiger partial charge >= 0.3 is 0 Å². The fourth-order valence-electron chi connectivity index (χ4n) is 1.53. The molecule has 3 N–H and O–H groups in total. The van der Waals surface area contributed by atoms with E-state index in [-0.39, 0.29) is 5.75 Å². The molecule has 0 heterocycles. The number of hydrogen-bond acceptors (Lipinski definition) is 2. The van der Waals surface area contributed by atoms with E-state index < -0.39 is 5.91 Å². The molecule has 2 rings (SSSR count). The van der Waals surface area contributed by atoms with Gasteiger partial charge in [-0.3, -0.25) is 4.79 Å². The normalized spacial score (nSPS) is 10.0. The van der Waals surface area contributed by atoms with E-state index in [9.17, 15) is 9.90 Å². The zero-order valence-corrected chi connectivity index (χ0v) is 8.55. The molecule has 0 aliphatic rings. The molecule has 2 aromatic rings.